The standard InChI is InChI=1S/C14H22OS/c1-2-13(1)5-7-15-9-11(13)12-10-16-8-6-14(12)3-4-14/h11-12H,1-10H2. The van der Waals surface area contributed by atoms with Gasteiger partial charge in [0.2, 0.25) is 0 Å². The molecule has 0 N–H and O–H groups in total. The highest BCUT2D eigenvalue weighted by Gasteiger charge is 2.60. The zero-order valence-corrected chi connectivity index (χ0v) is 10.9. The van der Waals surface area contributed by atoms with Crippen LogP contribution in [0, 0.1) is 22.7 Å². The Labute approximate surface area is 103 Å². The monoisotopic (exact) mass is 238 g/mol. The lowest BCUT2D eigenvalue weighted by molar-refractivity contribution is -0.0329. The van der Waals surface area contributed by atoms with Crippen molar-refractivity contribution in [1.82, 2.24) is 0 Å². The van der Waals surface area contributed by atoms with Crippen LogP contribution in [0.25, 0.3) is 0 Å². The zero-order chi connectivity index (χ0) is 10.6. The average molecular weight is 238 g/mol. The maximum absolute atomic E-state index is 5.82. The SMILES string of the molecule is C1CC2(CC2)C(C2CSCCC23CC3)CO1. The third-order valence-corrected chi connectivity index (χ3v) is 7.01. The Balaban J connectivity index is 1.59. The summed E-state index contributed by atoms with van der Waals surface area (Å²) in [5.41, 5.74) is 1.56. The lowest BCUT2D eigenvalue weighted by atomic mass is 9.69. The van der Waals surface area contributed by atoms with E-state index in [0.717, 1.165) is 35.9 Å². The summed E-state index contributed by atoms with van der Waals surface area (Å²) in [6.45, 7) is 2.14. The van der Waals surface area contributed by atoms with E-state index in [0.29, 0.717) is 0 Å². The van der Waals surface area contributed by atoms with Gasteiger partial charge in [-0.05, 0) is 72.7 Å². The molecule has 2 heterocycles. The van der Waals surface area contributed by atoms with Gasteiger partial charge in [-0.3, -0.25) is 0 Å². The van der Waals surface area contributed by atoms with E-state index in [2.05, 4.69) is 11.8 Å². The van der Waals surface area contributed by atoms with Crippen LogP contribution in [-0.2, 0) is 4.74 Å². The molecular formula is C14H22OS. The lowest BCUT2D eigenvalue weighted by Crippen LogP contribution is -2.41. The van der Waals surface area contributed by atoms with Gasteiger partial charge in [0.25, 0.3) is 0 Å². The van der Waals surface area contributed by atoms with Crippen molar-refractivity contribution in [3.05, 3.63) is 0 Å². The minimum atomic E-state index is 0.760. The predicted octanol–water partition coefficient (Wildman–Crippen LogP) is 3.34. The van der Waals surface area contributed by atoms with Crippen molar-refractivity contribution in [3.63, 3.8) is 0 Å². The summed E-state index contributed by atoms with van der Waals surface area (Å²) in [4.78, 5) is 0. The molecule has 16 heavy (non-hydrogen) atoms. The fourth-order valence-electron chi connectivity index (χ4n) is 4.34. The van der Waals surface area contributed by atoms with Gasteiger partial charge in [-0.25, -0.2) is 0 Å². The van der Waals surface area contributed by atoms with E-state index in [1.54, 1.807) is 0 Å². The third-order valence-electron chi connectivity index (χ3n) is 5.93. The molecule has 4 aliphatic rings. The first kappa shape index (κ1) is 10.3. The van der Waals surface area contributed by atoms with Crippen LogP contribution in [-0.4, -0.2) is 24.7 Å². The number of hydrogen-bond acceptors (Lipinski definition) is 2. The molecule has 0 amide bonds. The second-order valence-electron chi connectivity index (χ2n) is 6.59. The zero-order valence-electron chi connectivity index (χ0n) is 10.0. The molecule has 0 aromatic carbocycles. The molecule has 4 fully saturated rings. The summed E-state index contributed by atoms with van der Waals surface area (Å²) in [6.07, 6.45) is 8.97. The van der Waals surface area contributed by atoms with Crippen molar-refractivity contribution >= 4 is 11.8 Å². The van der Waals surface area contributed by atoms with Gasteiger partial charge in [0, 0.05) is 6.61 Å². The molecule has 2 atom stereocenters. The Morgan fingerprint density at radius 2 is 1.62 bits per heavy atom. The van der Waals surface area contributed by atoms with Gasteiger partial charge < -0.3 is 4.74 Å². The van der Waals surface area contributed by atoms with Crippen LogP contribution >= 0.6 is 11.8 Å². The summed E-state index contributed by atoms with van der Waals surface area (Å²) < 4.78 is 5.82. The molecule has 2 heteroatoms. The van der Waals surface area contributed by atoms with Gasteiger partial charge >= 0.3 is 0 Å². The van der Waals surface area contributed by atoms with Gasteiger partial charge in [0.15, 0.2) is 0 Å². The Morgan fingerprint density at radius 1 is 0.875 bits per heavy atom. The molecule has 4 rings (SSSR count). The van der Waals surface area contributed by atoms with E-state index < -0.39 is 0 Å². The van der Waals surface area contributed by atoms with E-state index in [1.165, 1.54) is 50.0 Å². The molecule has 0 aromatic heterocycles. The molecule has 0 bridgehead atoms. The van der Waals surface area contributed by atoms with E-state index in [-0.39, 0.29) is 0 Å². The van der Waals surface area contributed by atoms with Gasteiger partial charge in [0.05, 0.1) is 6.61 Å². The smallest absolute Gasteiger partial charge is 0.0502 e. The number of ether oxygens (including phenoxy) is 1. The summed E-state index contributed by atoms with van der Waals surface area (Å²) in [6, 6.07) is 0. The second kappa shape index (κ2) is 3.41. The summed E-state index contributed by atoms with van der Waals surface area (Å²) in [5, 5.41) is 0. The van der Waals surface area contributed by atoms with Crippen LogP contribution in [0.1, 0.15) is 38.5 Å². The predicted molar refractivity (Wildman–Crippen MR) is 67.7 cm³/mol. The first-order chi connectivity index (χ1) is 7.85. The molecule has 2 aliphatic carbocycles. The van der Waals surface area contributed by atoms with Crippen LogP contribution in [0.3, 0.4) is 0 Å². The Hall–Kier alpha value is 0.310. The molecule has 90 valence electrons. The van der Waals surface area contributed by atoms with Crippen molar-refractivity contribution < 1.29 is 4.74 Å². The number of hydrogen-bond donors (Lipinski definition) is 0. The van der Waals surface area contributed by atoms with Crippen LogP contribution in [0.15, 0.2) is 0 Å². The van der Waals surface area contributed by atoms with Crippen LogP contribution in [0.5, 0.6) is 0 Å². The van der Waals surface area contributed by atoms with E-state index >= 15 is 0 Å². The molecule has 0 radical (unpaired) electrons. The fraction of sp³-hybridized carbons (Fsp3) is 1.00. The van der Waals surface area contributed by atoms with Gasteiger partial charge in [-0.1, -0.05) is 0 Å². The molecular weight excluding hydrogens is 216 g/mol. The summed E-state index contributed by atoms with van der Waals surface area (Å²) >= 11 is 2.21. The number of rotatable bonds is 1. The van der Waals surface area contributed by atoms with Gasteiger partial charge in [-0.2, -0.15) is 11.8 Å². The lowest BCUT2D eigenvalue weighted by Gasteiger charge is -2.43. The van der Waals surface area contributed by atoms with Crippen molar-refractivity contribution in [2.45, 2.75) is 38.5 Å². The highest BCUT2D eigenvalue weighted by molar-refractivity contribution is 7.99. The van der Waals surface area contributed by atoms with Gasteiger partial charge in [-0.15, -0.1) is 0 Å². The topological polar surface area (TPSA) is 9.23 Å². The quantitative estimate of drug-likeness (QED) is 0.693. The van der Waals surface area contributed by atoms with E-state index in [9.17, 15) is 0 Å². The summed E-state index contributed by atoms with van der Waals surface area (Å²) in [5.74, 6) is 4.80. The Kier molecular flexibility index (Phi) is 2.19. The van der Waals surface area contributed by atoms with Crippen LogP contribution < -0.4 is 0 Å². The maximum atomic E-state index is 5.82. The molecule has 2 aliphatic heterocycles. The van der Waals surface area contributed by atoms with Crippen LogP contribution in [0.4, 0.5) is 0 Å². The van der Waals surface area contributed by atoms with E-state index in [4.69, 9.17) is 4.74 Å². The fourth-order valence-corrected chi connectivity index (χ4v) is 5.90. The van der Waals surface area contributed by atoms with Crippen molar-refractivity contribution in [2.24, 2.45) is 22.7 Å². The molecule has 2 unspecified atom stereocenters. The largest absolute Gasteiger partial charge is 0.381 e. The molecule has 2 spiro atoms. The number of thioether (sulfide) groups is 1. The normalized spacial score (nSPS) is 43.5. The average Bonchev–Trinajstić information content (AvgIpc) is 3.22. The molecule has 2 saturated carbocycles. The van der Waals surface area contributed by atoms with Crippen molar-refractivity contribution in [3.8, 4) is 0 Å². The minimum Gasteiger partial charge on any atom is -0.381 e. The van der Waals surface area contributed by atoms with Crippen molar-refractivity contribution in [2.75, 3.05) is 24.7 Å². The third kappa shape index (κ3) is 1.42. The minimum absolute atomic E-state index is 0.760. The van der Waals surface area contributed by atoms with Crippen molar-refractivity contribution in [1.29, 1.82) is 0 Å². The highest BCUT2D eigenvalue weighted by atomic mass is 32.2. The van der Waals surface area contributed by atoms with Gasteiger partial charge in [0.1, 0.15) is 0 Å². The molecule has 0 aromatic rings. The maximum Gasteiger partial charge on any atom is 0.0502 e. The summed E-state index contributed by atoms with van der Waals surface area (Å²) in [7, 11) is 0. The first-order valence-corrected chi connectivity index (χ1v) is 8.16. The van der Waals surface area contributed by atoms with Crippen LogP contribution in [0.2, 0.25) is 0 Å². The highest BCUT2D eigenvalue weighted by Crippen LogP contribution is 2.67. The second-order valence-corrected chi connectivity index (χ2v) is 7.74. The molecule has 1 nitrogen and oxygen atoms in total. The molecule has 2 saturated heterocycles. The van der Waals surface area contributed by atoms with E-state index in [1.807, 2.05) is 0 Å². The Morgan fingerprint density at radius 3 is 2.38 bits per heavy atom. The first-order valence-electron chi connectivity index (χ1n) is 7.00. The Bertz CT molecular complexity index is 263.